The monoisotopic (exact) mass is 380 g/mol. The number of halogens is 1. The zero-order valence-corrected chi connectivity index (χ0v) is 15.0. The molecule has 2 N–H and O–H groups in total. The van der Waals surface area contributed by atoms with E-state index in [-0.39, 0.29) is 29.5 Å². The normalized spacial score (nSPS) is 10.4. The molecule has 3 rings (SSSR count). The molecule has 28 heavy (non-hydrogen) atoms. The fourth-order valence-corrected chi connectivity index (χ4v) is 2.44. The molecule has 0 aliphatic heterocycles. The first-order chi connectivity index (χ1) is 13.4. The van der Waals surface area contributed by atoms with Gasteiger partial charge in [-0.3, -0.25) is 14.4 Å². The summed E-state index contributed by atoms with van der Waals surface area (Å²) in [6, 6.07) is 15.0. The highest BCUT2D eigenvalue weighted by Gasteiger charge is 2.11. The van der Waals surface area contributed by atoms with Crippen molar-refractivity contribution in [3.8, 4) is 0 Å². The van der Waals surface area contributed by atoms with Crippen LogP contribution in [0.5, 0.6) is 0 Å². The minimum absolute atomic E-state index is 0.0718. The lowest BCUT2D eigenvalue weighted by Crippen LogP contribution is -2.24. The van der Waals surface area contributed by atoms with Crippen molar-refractivity contribution in [1.82, 2.24) is 15.1 Å². The minimum atomic E-state index is -0.479. The molecule has 2 amide bonds. The fraction of sp³-hybridized carbons (Fsp3) is 0.100. The van der Waals surface area contributed by atoms with E-state index in [2.05, 4.69) is 15.7 Å². The van der Waals surface area contributed by atoms with Crippen molar-refractivity contribution in [1.29, 1.82) is 0 Å². The predicted octanol–water partition coefficient (Wildman–Crippen LogP) is 2.10. The molecule has 0 spiro atoms. The Hall–Kier alpha value is -3.81. The Morgan fingerprint density at radius 3 is 2.39 bits per heavy atom. The zero-order valence-electron chi connectivity index (χ0n) is 15.0. The number of nitrogens with zero attached hydrogens (tertiary/aromatic N) is 2. The van der Waals surface area contributed by atoms with Crippen molar-refractivity contribution in [2.75, 3.05) is 5.32 Å². The number of amides is 2. The minimum Gasteiger partial charge on any atom is -0.348 e. The van der Waals surface area contributed by atoms with Crippen LogP contribution in [0.25, 0.3) is 0 Å². The standard InChI is InChI=1S/C20H17FN4O3/c1-25-18(26)11-10-17(24-25)20(28)23-15-8-6-13(7-9-15)19(27)22-12-14-4-2-3-5-16(14)21/h2-11H,12H2,1H3,(H,22,27)(H,23,28). The van der Waals surface area contributed by atoms with E-state index < -0.39 is 5.91 Å². The van der Waals surface area contributed by atoms with E-state index in [1.54, 1.807) is 42.5 Å². The molecule has 1 heterocycles. The van der Waals surface area contributed by atoms with Crippen LogP contribution >= 0.6 is 0 Å². The van der Waals surface area contributed by atoms with Crippen molar-refractivity contribution >= 4 is 17.5 Å². The molecule has 142 valence electrons. The second-order valence-electron chi connectivity index (χ2n) is 5.99. The van der Waals surface area contributed by atoms with Gasteiger partial charge in [0.15, 0.2) is 0 Å². The lowest BCUT2D eigenvalue weighted by atomic mass is 10.1. The largest absolute Gasteiger partial charge is 0.348 e. The molecule has 0 bridgehead atoms. The van der Waals surface area contributed by atoms with Gasteiger partial charge in [-0.1, -0.05) is 18.2 Å². The van der Waals surface area contributed by atoms with Crippen molar-refractivity contribution in [2.45, 2.75) is 6.54 Å². The van der Waals surface area contributed by atoms with E-state index in [4.69, 9.17) is 0 Å². The molecule has 3 aromatic rings. The highest BCUT2D eigenvalue weighted by molar-refractivity contribution is 6.03. The van der Waals surface area contributed by atoms with E-state index in [1.165, 1.54) is 25.2 Å². The smallest absolute Gasteiger partial charge is 0.276 e. The van der Waals surface area contributed by atoms with Crippen LogP contribution in [0.1, 0.15) is 26.4 Å². The number of hydrogen-bond acceptors (Lipinski definition) is 4. The van der Waals surface area contributed by atoms with Gasteiger partial charge in [0.1, 0.15) is 11.5 Å². The summed E-state index contributed by atoms with van der Waals surface area (Å²) < 4.78 is 14.7. The van der Waals surface area contributed by atoms with Gasteiger partial charge in [-0.15, -0.1) is 0 Å². The molecule has 0 unspecified atom stereocenters. The van der Waals surface area contributed by atoms with Crippen molar-refractivity contribution in [2.24, 2.45) is 7.05 Å². The number of aromatic nitrogens is 2. The number of carbonyl (C=O) groups excluding carboxylic acids is 2. The van der Waals surface area contributed by atoms with E-state index >= 15 is 0 Å². The van der Waals surface area contributed by atoms with E-state index in [9.17, 15) is 18.8 Å². The van der Waals surface area contributed by atoms with Crippen LogP contribution in [0.15, 0.2) is 65.5 Å². The van der Waals surface area contributed by atoms with Crippen LogP contribution in [0.3, 0.4) is 0 Å². The maximum absolute atomic E-state index is 13.6. The van der Waals surface area contributed by atoms with Crippen molar-refractivity contribution < 1.29 is 14.0 Å². The summed E-state index contributed by atoms with van der Waals surface area (Å²) in [5.74, 6) is -1.22. The SMILES string of the molecule is Cn1nc(C(=O)Nc2ccc(C(=O)NCc3ccccc3F)cc2)ccc1=O. The lowest BCUT2D eigenvalue weighted by molar-refractivity contribution is 0.0950. The van der Waals surface area contributed by atoms with Gasteiger partial charge in [0, 0.05) is 36.5 Å². The number of carbonyl (C=O) groups is 2. The van der Waals surface area contributed by atoms with Crippen molar-refractivity contribution in [3.63, 3.8) is 0 Å². The third-order valence-electron chi connectivity index (χ3n) is 4.00. The molecule has 1 aromatic heterocycles. The Labute approximate surface area is 159 Å². The molecule has 0 saturated carbocycles. The van der Waals surface area contributed by atoms with Gasteiger partial charge in [0.2, 0.25) is 0 Å². The molecule has 8 heteroatoms. The summed E-state index contributed by atoms with van der Waals surface area (Å²) in [5.41, 5.74) is 1.00. The third-order valence-corrected chi connectivity index (χ3v) is 4.00. The molecule has 0 radical (unpaired) electrons. The summed E-state index contributed by atoms with van der Waals surface area (Å²) in [5, 5.41) is 9.16. The highest BCUT2D eigenvalue weighted by Crippen LogP contribution is 2.11. The summed E-state index contributed by atoms with van der Waals surface area (Å²) in [4.78, 5) is 35.7. The second kappa shape index (κ2) is 8.26. The average Bonchev–Trinajstić information content (AvgIpc) is 2.69. The number of aryl methyl sites for hydroxylation is 1. The second-order valence-corrected chi connectivity index (χ2v) is 5.99. The van der Waals surface area contributed by atoms with Crippen LogP contribution in [-0.4, -0.2) is 21.6 Å². The van der Waals surface area contributed by atoms with Crippen LogP contribution in [-0.2, 0) is 13.6 Å². The van der Waals surface area contributed by atoms with Gasteiger partial charge >= 0.3 is 0 Å². The molecule has 2 aromatic carbocycles. The van der Waals surface area contributed by atoms with E-state index in [1.807, 2.05) is 0 Å². The van der Waals surface area contributed by atoms with Gasteiger partial charge in [0.25, 0.3) is 17.4 Å². The molecule has 0 aliphatic rings. The Bertz CT molecular complexity index is 1080. The molecule has 0 saturated heterocycles. The maximum atomic E-state index is 13.6. The van der Waals surface area contributed by atoms with Crippen LogP contribution < -0.4 is 16.2 Å². The van der Waals surface area contributed by atoms with Gasteiger partial charge in [0.05, 0.1) is 0 Å². The Kier molecular flexibility index (Phi) is 5.59. The highest BCUT2D eigenvalue weighted by atomic mass is 19.1. The fourth-order valence-electron chi connectivity index (χ4n) is 2.44. The number of nitrogens with one attached hydrogen (secondary N) is 2. The summed E-state index contributed by atoms with van der Waals surface area (Å²) in [6.07, 6.45) is 0. The summed E-state index contributed by atoms with van der Waals surface area (Å²) >= 11 is 0. The molecule has 7 nitrogen and oxygen atoms in total. The summed E-state index contributed by atoms with van der Waals surface area (Å²) in [7, 11) is 1.45. The lowest BCUT2D eigenvalue weighted by Gasteiger charge is -2.08. The molecule has 0 atom stereocenters. The topological polar surface area (TPSA) is 93.1 Å². The van der Waals surface area contributed by atoms with E-state index in [0.717, 1.165) is 4.68 Å². The van der Waals surface area contributed by atoms with Crippen LogP contribution in [0, 0.1) is 5.82 Å². The first-order valence-electron chi connectivity index (χ1n) is 8.41. The van der Waals surface area contributed by atoms with Gasteiger partial charge in [-0.25, -0.2) is 9.07 Å². The van der Waals surface area contributed by atoms with Gasteiger partial charge < -0.3 is 10.6 Å². The van der Waals surface area contributed by atoms with Crippen LogP contribution in [0.2, 0.25) is 0 Å². The first kappa shape index (κ1) is 19.0. The van der Waals surface area contributed by atoms with E-state index in [0.29, 0.717) is 16.8 Å². The number of hydrogen-bond donors (Lipinski definition) is 2. The molecule has 0 aliphatic carbocycles. The maximum Gasteiger partial charge on any atom is 0.276 e. The van der Waals surface area contributed by atoms with Gasteiger partial charge in [-0.05, 0) is 36.4 Å². The van der Waals surface area contributed by atoms with Crippen LogP contribution in [0.4, 0.5) is 10.1 Å². The number of anilines is 1. The summed E-state index contributed by atoms with van der Waals surface area (Å²) in [6.45, 7) is 0.0718. The molecular weight excluding hydrogens is 363 g/mol. The Morgan fingerprint density at radius 1 is 1.00 bits per heavy atom. The Balaban J connectivity index is 1.61. The quantitative estimate of drug-likeness (QED) is 0.709. The number of rotatable bonds is 5. The zero-order chi connectivity index (χ0) is 20.1. The molecular formula is C20H17FN4O3. The number of benzene rings is 2. The predicted molar refractivity (Wildman–Crippen MR) is 101 cm³/mol. The Morgan fingerprint density at radius 2 is 1.71 bits per heavy atom. The van der Waals surface area contributed by atoms with Gasteiger partial charge in [-0.2, -0.15) is 5.10 Å². The third kappa shape index (κ3) is 4.47. The first-order valence-corrected chi connectivity index (χ1v) is 8.41. The average molecular weight is 380 g/mol. The van der Waals surface area contributed by atoms with Crippen molar-refractivity contribution in [3.05, 3.63) is 93.7 Å². The molecule has 0 fully saturated rings.